The average molecular weight is 260 g/mol. The smallest absolute Gasteiger partial charge is 0.188 e. The molecule has 0 aliphatic heterocycles. The number of thioether (sulfide) groups is 1. The predicted octanol–water partition coefficient (Wildman–Crippen LogP) is 4.87. The Balaban J connectivity index is 2.13. The Bertz CT molecular complexity index is 431. The van der Waals surface area contributed by atoms with Crippen LogP contribution in [0.2, 0.25) is 0 Å². The predicted molar refractivity (Wildman–Crippen MR) is 78.3 cm³/mol. The van der Waals surface area contributed by atoms with Crippen molar-refractivity contribution < 1.29 is 4.79 Å². The molecular formula is C16H20OS. The van der Waals surface area contributed by atoms with E-state index < -0.39 is 0 Å². The third-order valence-corrected chi connectivity index (χ3v) is 4.18. The van der Waals surface area contributed by atoms with Crippen LogP contribution in [0.3, 0.4) is 0 Å². The lowest BCUT2D eigenvalue weighted by molar-refractivity contribution is 0.102. The maximum Gasteiger partial charge on any atom is 0.188 e. The Morgan fingerprint density at radius 2 is 1.78 bits per heavy atom. The van der Waals surface area contributed by atoms with Gasteiger partial charge in [0, 0.05) is 10.5 Å². The highest BCUT2D eigenvalue weighted by Crippen LogP contribution is 2.22. The molecule has 0 radical (unpaired) electrons. The van der Waals surface area contributed by atoms with Crippen LogP contribution in [0.25, 0.3) is 0 Å². The van der Waals surface area contributed by atoms with E-state index in [0.717, 1.165) is 30.4 Å². The fraction of sp³-hybridized carbons (Fsp3) is 0.438. The van der Waals surface area contributed by atoms with Gasteiger partial charge in [-0.2, -0.15) is 0 Å². The number of rotatable bonds is 3. The van der Waals surface area contributed by atoms with Gasteiger partial charge in [-0.05, 0) is 61.8 Å². The fourth-order valence-corrected chi connectivity index (χ4v) is 2.73. The average Bonchev–Trinajstić information content (AvgIpc) is 2.38. The number of hydrogen-bond acceptors (Lipinski definition) is 2. The number of ketones is 1. The topological polar surface area (TPSA) is 17.1 Å². The standard InChI is InChI=1S/C16H20OS/c1-18-15-11-9-14(10-12-15)16(17)13-7-5-3-2-4-6-8-13/h7,9-12H,2-6,8H2,1H3/b13-7+. The van der Waals surface area contributed by atoms with E-state index in [4.69, 9.17) is 0 Å². The van der Waals surface area contributed by atoms with Crippen LogP contribution in [0.4, 0.5) is 0 Å². The van der Waals surface area contributed by atoms with Crippen LogP contribution in [-0.2, 0) is 0 Å². The molecule has 0 heterocycles. The molecule has 2 heteroatoms. The third-order valence-electron chi connectivity index (χ3n) is 3.43. The number of benzene rings is 1. The van der Waals surface area contributed by atoms with Gasteiger partial charge in [-0.25, -0.2) is 0 Å². The molecule has 1 aliphatic rings. The normalized spacial score (nSPS) is 19.5. The monoisotopic (exact) mass is 260 g/mol. The van der Waals surface area contributed by atoms with Crippen molar-refractivity contribution in [3.05, 3.63) is 41.5 Å². The van der Waals surface area contributed by atoms with Crippen molar-refractivity contribution in [1.29, 1.82) is 0 Å². The molecule has 96 valence electrons. The molecule has 2 rings (SSSR count). The molecule has 0 aromatic heterocycles. The first-order valence-corrected chi connectivity index (χ1v) is 7.91. The van der Waals surface area contributed by atoms with Gasteiger partial charge in [0.2, 0.25) is 0 Å². The summed E-state index contributed by atoms with van der Waals surface area (Å²) in [6.45, 7) is 0. The Hall–Kier alpha value is -1.02. The molecule has 0 atom stereocenters. The van der Waals surface area contributed by atoms with Gasteiger partial charge < -0.3 is 0 Å². The Morgan fingerprint density at radius 3 is 2.50 bits per heavy atom. The number of carbonyl (C=O) groups excluding carboxylic acids is 1. The highest BCUT2D eigenvalue weighted by molar-refractivity contribution is 7.98. The molecule has 0 saturated carbocycles. The first-order valence-electron chi connectivity index (χ1n) is 6.69. The maximum atomic E-state index is 12.4. The van der Waals surface area contributed by atoms with Crippen molar-refractivity contribution in [1.82, 2.24) is 0 Å². The van der Waals surface area contributed by atoms with E-state index in [9.17, 15) is 4.79 Å². The Morgan fingerprint density at radius 1 is 1.06 bits per heavy atom. The van der Waals surface area contributed by atoms with Crippen LogP contribution in [0.5, 0.6) is 0 Å². The summed E-state index contributed by atoms with van der Waals surface area (Å²) in [7, 11) is 0. The molecule has 1 aromatic carbocycles. The SMILES string of the molecule is CSc1ccc(C(=O)/C2=C/CCCCCC2)cc1. The van der Waals surface area contributed by atoms with Crippen molar-refractivity contribution >= 4 is 17.5 Å². The summed E-state index contributed by atoms with van der Waals surface area (Å²) in [6, 6.07) is 7.96. The number of allylic oxidation sites excluding steroid dienone is 2. The minimum atomic E-state index is 0.226. The van der Waals surface area contributed by atoms with E-state index in [0.29, 0.717) is 0 Å². The Kier molecular flexibility index (Phi) is 5.06. The minimum Gasteiger partial charge on any atom is -0.289 e. The lowest BCUT2D eigenvalue weighted by Gasteiger charge is -2.10. The van der Waals surface area contributed by atoms with Gasteiger partial charge in [0.05, 0.1) is 0 Å². The van der Waals surface area contributed by atoms with Gasteiger partial charge in [0.1, 0.15) is 0 Å². The zero-order chi connectivity index (χ0) is 12.8. The van der Waals surface area contributed by atoms with Gasteiger partial charge in [0.25, 0.3) is 0 Å². The van der Waals surface area contributed by atoms with Crippen LogP contribution in [0, 0.1) is 0 Å². The van der Waals surface area contributed by atoms with Gasteiger partial charge in [0.15, 0.2) is 5.78 Å². The number of hydrogen-bond donors (Lipinski definition) is 0. The molecule has 1 nitrogen and oxygen atoms in total. The second-order valence-electron chi connectivity index (χ2n) is 4.74. The number of carbonyl (C=O) groups is 1. The molecular weight excluding hydrogens is 240 g/mol. The van der Waals surface area contributed by atoms with E-state index in [1.165, 1.54) is 24.2 Å². The van der Waals surface area contributed by atoms with Gasteiger partial charge in [-0.15, -0.1) is 11.8 Å². The van der Waals surface area contributed by atoms with Crippen molar-refractivity contribution in [2.45, 2.75) is 43.4 Å². The van der Waals surface area contributed by atoms with E-state index in [1.54, 1.807) is 11.8 Å². The molecule has 1 aromatic rings. The molecule has 0 N–H and O–H groups in total. The highest BCUT2D eigenvalue weighted by Gasteiger charge is 2.12. The number of Topliss-reactive ketones (excluding diaryl/α,β-unsaturated/α-hetero) is 1. The summed E-state index contributed by atoms with van der Waals surface area (Å²) < 4.78 is 0. The zero-order valence-corrected chi connectivity index (χ0v) is 11.8. The van der Waals surface area contributed by atoms with Gasteiger partial charge >= 0.3 is 0 Å². The molecule has 0 amide bonds. The largest absolute Gasteiger partial charge is 0.289 e. The molecule has 0 bridgehead atoms. The van der Waals surface area contributed by atoms with Crippen molar-refractivity contribution in [3.8, 4) is 0 Å². The van der Waals surface area contributed by atoms with E-state index >= 15 is 0 Å². The summed E-state index contributed by atoms with van der Waals surface area (Å²) in [5, 5.41) is 0. The molecule has 0 saturated heterocycles. The molecule has 0 unspecified atom stereocenters. The van der Waals surface area contributed by atoms with Gasteiger partial charge in [-0.1, -0.05) is 18.9 Å². The van der Waals surface area contributed by atoms with Crippen molar-refractivity contribution in [2.75, 3.05) is 6.26 Å². The lowest BCUT2D eigenvalue weighted by atomic mass is 9.94. The summed E-state index contributed by atoms with van der Waals surface area (Å²) in [5.41, 5.74) is 1.85. The van der Waals surface area contributed by atoms with Crippen molar-refractivity contribution in [2.24, 2.45) is 0 Å². The first kappa shape index (κ1) is 13.4. The van der Waals surface area contributed by atoms with Crippen LogP contribution in [-0.4, -0.2) is 12.0 Å². The fourth-order valence-electron chi connectivity index (χ4n) is 2.33. The summed E-state index contributed by atoms with van der Waals surface area (Å²) in [5.74, 6) is 0.226. The molecule has 0 spiro atoms. The second kappa shape index (κ2) is 6.79. The molecule has 0 fully saturated rings. The summed E-state index contributed by atoms with van der Waals surface area (Å²) in [4.78, 5) is 13.6. The minimum absolute atomic E-state index is 0.226. The van der Waals surface area contributed by atoms with Crippen LogP contribution in [0.15, 0.2) is 40.8 Å². The lowest BCUT2D eigenvalue weighted by Crippen LogP contribution is -2.05. The first-order chi connectivity index (χ1) is 8.81. The van der Waals surface area contributed by atoms with Gasteiger partial charge in [-0.3, -0.25) is 4.79 Å². The van der Waals surface area contributed by atoms with E-state index in [2.05, 4.69) is 6.08 Å². The quantitative estimate of drug-likeness (QED) is 0.569. The highest BCUT2D eigenvalue weighted by atomic mass is 32.2. The summed E-state index contributed by atoms with van der Waals surface area (Å²) in [6.07, 6.45) is 11.2. The van der Waals surface area contributed by atoms with E-state index in [1.807, 2.05) is 30.5 Å². The third kappa shape index (κ3) is 3.49. The van der Waals surface area contributed by atoms with E-state index in [-0.39, 0.29) is 5.78 Å². The maximum absolute atomic E-state index is 12.4. The van der Waals surface area contributed by atoms with Crippen LogP contribution >= 0.6 is 11.8 Å². The summed E-state index contributed by atoms with van der Waals surface area (Å²) >= 11 is 1.70. The zero-order valence-electron chi connectivity index (χ0n) is 10.9. The molecule has 1 aliphatic carbocycles. The molecule has 18 heavy (non-hydrogen) atoms. The Labute approximate surface area is 114 Å². The van der Waals surface area contributed by atoms with Crippen LogP contribution in [0.1, 0.15) is 48.9 Å². The van der Waals surface area contributed by atoms with Crippen molar-refractivity contribution in [3.63, 3.8) is 0 Å². The second-order valence-corrected chi connectivity index (χ2v) is 5.62. The van der Waals surface area contributed by atoms with Crippen LogP contribution < -0.4 is 0 Å².